The summed E-state index contributed by atoms with van der Waals surface area (Å²) in [5.41, 5.74) is 0.358. The Labute approximate surface area is 123 Å². The van der Waals surface area contributed by atoms with Crippen molar-refractivity contribution in [3.8, 4) is 0 Å². The van der Waals surface area contributed by atoms with Crippen molar-refractivity contribution in [2.45, 2.75) is 45.4 Å². The van der Waals surface area contributed by atoms with Crippen LogP contribution in [0.1, 0.15) is 57.3 Å². The predicted octanol–water partition coefficient (Wildman–Crippen LogP) is 3.62. The molecule has 1 unspecified atom stereocenters. The lowest BCUT2D eigenvalue weighted by atomic mass is 9.84. The normalized spacial score (nSPS) is 13.2. The van der Waals surface area contributed by atoms with Crippen molar-refractivity contribution in [3.63, 3.8) is 0 Å². The minimum atomic E-state index is -0.523. The van der Waals surface area contributed by atoms with Crippen molar-refractivity contribution < 1.29 is 13.7 Å². The fraction of sp³-hybridized carbons (Fsp3) is 0.438. The Kier molecular flexibility index (Phi) is 4.21. The van der Waals surface area contributed by atoms with Crippen LogP contribution in [0.25, 0.3) is 0 Å². The zero-order valence-corrected chi connectivity index (χ0v) is 12.7. The van der Waals surface area contributed by atoms with Gasteiger partial charge in [-0.2, -0.15) is 4.98 Å². The van der Waals surface area contributed by atoms with Crippen molar-refractivity contribution in [2.75, 3.05) is 0 Å². The first-order valence-corrected chi connectivity index (χ1v) is 6.96. The first kappa shape index (κ1) is 15.4. The summed E-state index contributed by atoms with van der Waals surface area (Å²) in [6.45, 7) is 7.29. The van der Waals surface area contributed by atoms with Gasteiger partial charge in [-0.3, -0.25) is 4.79 Å². The van der Waals surface area contributed by atoms with Crippen molar-refractivity contribution in [1.29, 1.82) is 0 Å². The second-order valence-corrected chi connectivity index (χ2v) is 5.66. The van der Waals surface area contributed by atoms with E-state index in [1.54, 1.807) is 12.1 Å². The van der Waals surface area contributed by atoms with E-state index in [0.29, 0.717) is 18.1 Å². The number of aromatic nitrogens is 2. The molecular formula is C16H19FN2O2. The van der Waals surface area contributed by atoms with E-state index in [1.165, 1.54) is 19.1 Å². The molecule has 0 spiro atoms. The molecule has 0 saturated heterocycles. The molecule has 0 amide bonds. The van der Waals surface area contributed by atoms with Gasteiger partial charge in [0.25, 0.3) is 0 Å². The molecule has 0 N–H and O–H groups in total. The molecule has 1 heterocycles. The lowest BCUT2D eigenvalue weighted by molar-refractivity contribution is -0.119. The SMILES string of the molecule is CCC(C(C)=O)c1nc(C(C)(C)c2ccc(F)cc2)no1. The molecule has 4 nitrogen and oxygen atoms in total. The highest BCUT2D eigenvalue weighted by molar-refractivity contribution is 5.82. The first-order valence-electron chi connectivity index (χ1n) is 6.96. The van der Waals surface area contributed by atoms with E-state index >= 15 is 0 Å². The standard InChI is InChI=1S/C16H19FN2O2/c1-5-13(10(2)20)14-18-15(19-21-14)16(3,4)11-6-8-12(17)9-7-11/h6-9,13H,5H2,1-4H3. The van der Waals surface area contributed by atoms with Crippen LogP contribution in [0, 0.1) is 5.82 Å². The van der Waals surface area contributed by atoms with Crippen LogP contribution < -0.4 is 0 Å². The number of benzene rings is 1. The maximum atomic E-state index is 13.0. The van der Waals surface area contributed by atoms with Crippen LogP contribution in [-0.2, 0) is 10.2 Å². The van der Waals surface area contributed by atoms with Crippen molar-refractivity contribution >= 4 is 5.78 Å². The van der Waals surface area contributed by atoms with Crippen LogP contribution in [-0.4, -0.2) is 15.9 Å². The second kappa shape index (κ2) is 5.76. The van der Waals surface area contributed by atoms with Crippen molar-refractivity contribution in [2.24, 2.45) is 0 Å². The molecule has 21 heavy (non-hydrogen) atoms. The minimum Gasteiger partial charge on any atom is -0.339 e. The summed E-state index contributed by atoms with van der Waals surface area (Å²) in [6.07, 6.45) is 0.619. The van der Waals surface area contributed by atoms with E-state index in [4.69, 9.17) is 4.52 Å². The molecule has 112 valence electrons. The van der Waals surface area contributed by atoms with Gasteiger partial charge in [-0.25, -0.2) is 4.39 Å². The lowest BCUT2D eigenvalue weighted by Gasteiger charge is -2.20. The second-order valence-electron chi connectivity index (χ2n) is 5.66. The topological polar surface area (TPSA) is 56.0 Å². The molecular weight excluding hydrogens is 271 g/mol. The van der Waals surface area contributed by atoms with E-state index in [1.807, 2.05) is 20.8 Å². The summed E-state index contributed by atoms with van der Waals surface area (Å²) >= 11 is 0. The maximum absolute atomic E-state index is 13.0. The van der Waals surface area contributed by atoms with Crippen LogP contribution in [0.5, 0.6) is 0 Å². The molecule has 0 radical (unpaired) electrons. The summed E-state index contributed by atoms with van der Waals surface area (Å²) in [5.74, 6) is 0.188. The Balaban J connectivity index is 2.35. The minimum absolute atomic E-state index is 0.00675. The summed E-state index contributed by atoms with van der Waals surface area (Å²) in [5, 5.41) is 4.01. The van der Waals surface area contributed by atoms with E-state index in [-0.39, 0.29) is 17.5 Å². The molecule has 2 rings (SSSR count). The molecule has 5 heteroatoms. The summed E-state index contributed by atoms with van der Waals surface area (Å²) in [7, 11) is 0. The molecule has 0 aliphatic rings. The molecule has 0 bridgehead atoms. The molecule has 1 atom stereocenters. The highest BCUT2D eigenvalue weighted by Gasteiger charge is 2.31. The van der Waals surface area contributed by atoms with Gasteiger partial charge in [0.15, 0.2) is 5.82 Å². The predicted molar refractivity (Wildman–Crippen MR) is 76.5 cm³/mol. The average Bonchev–Trinajstić information content (AvgIpc) is 2.90. The van der Waals surface area contributed by atoms with Gasteiger partial charge in [-0.15, -0.1) is 0 Å². The lowest BCUT2D eigenvalue weighted by Crippen LogP contribution is -2.21. The molecule has 0 aliphatic heterocycles. The van der Waals surface area contributed by atoms with E-state index in [0.717, 1.165) is 5.56 Å². The van der Waals surface area contributed by atoms with Gasteiger partial charge < -0.3 is 4.52 Å². The Morgan fingerprint density at radius 3 is 2.48 bits per heavy atom. The van der Waals surface area contributed by atoms with Crippen LogP contribution in [0.4, 0.5) is 4.39 Å². The zero-order valence-electron chi connectivity index (χ0n) is 12.7. The Hall–Kier alpha value is -2.04. The Bertz CT molecular complexity index is 632. The number of halogens is 1. The Morgan fingerprint density at radius 1 is 1.33 bits per heavy atom. The third-order valence-corrected chi connectivity index (χ3v) is 3.76. The van der Waals surface area contributed by atoms with E-state index < -0.39 is 5.41 Å². The number of Topliss-reactive ketones (excluding diaryl/α,β-unsaturated/α-hetero) is 1. The van der Waals surface area contributed by atoms with Crippen molar-refractivity contribution in [1.82, 2.24) is 10.1 Å². The fourth-order valence-electron chi connectivity index (χ4n) is 2.26. The highest BCUT2D eigenvalue weighted by Crippen LogP contribution is 2.30. The monoisotopic (exact) mass is 290 g/mol. The van der Waals surface area contributed by atoms with Gasteiger partial charge >= 0.3 is 0 Å². The van der Waals surface area contributed by atoms with Gasteiger partial charge in [0.05, 0.1) is 11.3 Å². The van der Waals surface area contributed by atoms with E-state index in [2.05, 4.69) is 10.1 Å². The molecule has 1 aromatic carbocycles. The number of ketones is 1. The summed E-state index contributed by atoms with van der Waals surface area (Å²) in [6, 6.07) is 6.21. The number of carbonyl (C=O) groups excluding carboxylic acids is 1. The quantitative estimate of drug-likeness (QED) is 0.844. The molecule has 2 aromatic rings. The van der Waals surface area contributed by atoms with Crippen LogP contribution in [0.2, 0.25) is 0 Å². The molecule has 0 fully saturated rings. The van der Waals surface area contributed by atoms with Crippen LogP contribution in [0.3, 0.4) is 0 Å². The van der Waals surface area contributed by atoms with Gasteiger partial charge in [-0.05, 0) is 44.9 Å². The van der Waals surface area contributed by atoms with Gasteiger partial charge in [0, 0.05) is 0 Å². The largest absolute Gasteiger partial charge is 0.339 e. The number of rotatable bonds is 5. The third-order valence-electron chi connectivity index (χ3n) is 3.76. The maximum Gasteiger partial charge on any atom is 0.237 e. The van der Waals surface area contributed by atoms with Gasteiger partial charge in [0.2, 0.25) is 5.89 Å². The smallest absolute Gasteiger partial charge is 0.237 e. The van der Waals surface area contributed by atoms with Gasteiger partial charge in [-0.1, -0.05) is 24.2 Å². The Morgan fingerprint density at radius 2 is 1.95 bits per heavy atom. The molecule has 1 aromatic heterocycles. The zero-order chi connectivity index (χ0) is 15.6. The number of nitrogens with zero attached hydrogens (tertiary/aromatic N) is 2. The van der Waals surface area contributed by atoms with Crippen molar-refractivity contribution in [3.05, 3.63) is 47.4 Å². The number of carbonyl (C=O) groups is 1. The number of hydrogen-bond donors (Lipinski definition) is 0. The van der Waals surface area contributed by atoms with Crippen LogP contribution >= 0.6 is 0 Å². The first-order chi connectivity index (χ1) is 9.86. The average molecular weight is 290 g/mol. The summed E-state index contributed by atoms with van der Waals surface area (Å²) in [4.78, 5) is 16.0. The highest BCUT2D eigenvalue weighted by atomic mass is 19.1. The fourth-order valence-corrected chi connectivity index (χ4v) is 2.26. The van der Waals surface area contributed by atoms with E-state index in [9.17, 15) is 9.18 Å². The van der Waals surface area contributed by atoms with Crippen LogP contribution in [0.15, 0.2) is 28.8 Å². The summed E-state index contributed by atoms with van der Waals surface area (Å²) < 4.78 is 18.3. The molecule has 0 saturated carbocycles. The third kappa shape index (κ3) is 3.01. The van der Waals surface area contributed by atoms with Gasteiger partial charge in [0.1, 0.15) is 11.6 Å². The molecule has 0 aliphatic carbocycles. The number of hydrogen-bond acceptors (Lipinski definition) is 4.